The lowest BCUT2D eigenvalue weighted by molar-refractivity contribution is 0.0731. The normalized spacial score (nSPS) is 20.7. The monoisotopic (exact) mass is 334 g/mol. The molecule has 1 amide bonds. The van der Waals surface area contributed by atoms with Crippen LogP contribution in [0.5, 0.6) is 5.75 Å². The van der Waals surface area contributed by atoms with Crippen LogP contribution in [0.1, 0.15) is 35.3 Å². The van der Waals surface area contributed by atoms with Gasteiger partial charge in [0.05, 0.1) is 11.1 Å². The van der Waals surface area contributed by atoms with Crippen molar-refractivity contribution in [1.29, 1.82) is 0 Å². The molecule has 0 aliphatic carbocycles. The molecule has 1 aromatic carbocycles. The van der Waals surface area contributed by atoms with Gasteiger partial charge in [-0.25, -0.2) is 4.39 Å². The van der Waals surface area contributed by atoms with Gasteiger partial charge in [0.1, 0.15) is 0 Å². The number of phenols is 1. The van der Waals surface area contributed by atoms with Crippen molar-refractivity contribution in [2.45, 2.75) is 19.4 Å². The van der Waals surface area contributed by atoms with Crippen molar-refractivity contribution >= 4 is 17.5 Å². The molecule has 1 aliphatic heterocycles. The molecule has 1 fully saturated rings. The number of nitrogens with zero attached hydrogens (tertiary/aromatic N) is 2. The van der Waals surface area contributed by atoms with Gasteiger partial charge in [-0.3, -0.25) is 9.78 Å². The Labute approximate surface area is 138 Å². The number of pyridine rings is 1. The van der Waals surface area contributed by atoms with Crippen LogP contribution in [-0.4, -0.2) is 27.4 Å². The Bertz CT molecular complexity index is 716. The molecule has 2 atom stereocenters. The van der Waals surface area contributed by atoms with Gasteiger partial charge in [-0.1, -0.05) is 24.6 Å². The summed E-state index contributed by atoms with van der Waals surface area (Å²) in [5.41, 5.74) is 1.09. The minimum absolute atomic E-state index is 0.0955. The molecule has 23 heavy (non-hydrogen) atoms. The predicted molar refractivity (Wildman–Crippen MR) is 84.9 cm³/mol. The highest BCUT2D eigenvalue weighted by molar-refractivity contribution is 6.32. The molecule has 0 unspecified atom stereocenters. The van der Waals surface area contributed by atoms with E-state index in [1.54, 1.807) is 17.3 Å². The van der Waals surface area contributed by atoms with Gasteiger partial charge in [-0.05, 0) is 36.1 Å². The number of amides is 1. The zero-order chi connectivity index (χ0) is 16.6. The third kappa shape index (κ3) is 3.01. The van der Waals surface area contributed by atoms with Crippen molar-refractivity contribution in [3.8, 4) is 5.75 Å². The van der Waals surface area contributed by atoms with Crippen molar-refractivity contribution in [2.24, 2.45) is 5.92 Å². The molecule has 2 aromatic rings. The zero-order valence-corrected chi connectivity index (χ0v) is 13.3. The number of likely N-dealkylation sites (tertiary alicyclic amines) is 1. The third-order valence-corrected chi connectivity index (χ3v) is 4.39. The summed E-state index contributed by atoms with van der Waals surface area (Å²) in [5, 5.41) is 9.24. The Balaban J connectivity index is 1.94. The maximum atomic E-state index is 13.7. The lowest BCUT2D eigenvalue weighted by atomic mass is 10.0. The number of hydrogen-bond acceptors (Lipinski definition) is 3. The molecule has 1 N–H and O–H groups in total. The van der Waals surface area contributed by atoms with Crippen LogP contribution < -0.4 is 0 Å². The average molecular weight is 335 g/mol. The van der Waals surface area contributed by atoms with Crippen molar-refractivity contribution in [3.63, 3.8) is 0 Å². The molecule has 0 radical (unpaired) electrons. The van der Waals surface area contributed by atoms with E-state index in [0.29, 0.717) is 12.5 Å². The molecular weight excluding hydrogens is 319 g/mol. The fourth-order valence-electron chi connectivity index (χ4n) is 3.01. The van der Waals surface area contributed by atoms with E-state index in [4.69, 9.17) is 11.6 Å². The average Bonchev–Trinajstić information content (AvgIpc) is 2.94. The number of aromatic nitrogens is 1. The van der Waals surface area contributed by atoms with Crippen LogP contribution in [0.25, 0.3) is 0 Å². The van der Waals surface area contributed by atoms with Crippen LogP contribution in [0.2, 0.25) is 5.02 Å². The molecule has 4 nitrogen and oxygen atoms in total. The Kier molecular flexibility index (Phi) is 4.22. The summed E-state index contributed by atoms with van der Waals surface area (Å²) in [6.45, 7) is 2.65. The van der Waals surface area contributed by atoms with E-state index in [1.165, 1.54) is 6.07 Å². The lowest BCUT2D eigenvalue weighted by Crippen LogP contribution is -2.31. The second kappa shape index (κ2) is 6.16. The van der Waals surface area contributed by atoms with Crippen LogP contribution in [0.4, 0.5) is 4.39 Å². The highest BCUT2D eigenvalue weighted by Gasteiger charge is 2.35. The molecule has 6 heteroatoms. The molecular formula is C17H16ClFN2O2. The minimum atomic E-state index is -0.897. The number of benzene rings is 1. The third-order valence-electron chi connectivity index (χ3n) is 4.10. The molecule has 2 heterocycles. The number of carbonyl (C=O) groups excluding carboxylic acids is 1. The first-order valence-electron chi connectivity index (χ1n) is 7.36. The summed E-state index contributed by atoms with van der Waals surface area (Å²) in [7, 11) is 0. The van der Waals surface area contributed by atoms with E-state index in [9.17, 15) is 14.3 Å². The largest absolute Gasteiger partial charge is 0.504 e. The van der Waals surface area contributed by atoms with E-state index in [2.05, 4.69) is 11.9 Å². The topological polar surface area (TPSA) is 53.4 Å². The van der Waals surface area contributed by atoms with Crippen molar-refractivity contribution < 1.29 is 14.3 Å². The van der Waals surface area contributed by atoms with Gasteiger partial charge in [-0.15, -0.1) is 0 Å². The number of phenolic OH excluding ortho intramolecular Hbond substituents is 1. The van der Waals surface area contributed by atoms with Gasteiger partial charge in [0, 0.05) is 24.5 Å². The fraction of sp³-hybridized carbons (Fsp3) is 0.294. The van der Waals surface area contributed by atoms with Crippen molar-refractivity contribution in [3.05, 3.63) is 58.6 Å². The Hall–Kier alpha value is -2.14. The first-order chi connectivity index (χ1) is 11.0. The van der Waals surface area contributed by atoms with Crippen molar-refractivity contribution in [1.82, 2.24) is 9.88 Å². The number of aromatic hydroxyl groups is 1. The van der Waals surface area contributed by atoms with E-state index < -0.39 is 11.6 Å². The summed E-state index contributed by atoms with van der Waals surface area (Å²) in [6, 6.07) is 5.98. The number of hydrogen-bond donors (Lipinski definition) is 1. The smallest absolute Gasteiger partial charge is 0.254 e. The summed E-state index contributed by atoms with van der Waals surface area (Å²) in [4.78, 5) is 18.6. The Morgan fingerprint density at radius 1 is 1.48 bits per heavy atom. The quantitative estimate of drug-likeness (QED) is 0.908. The van der Waals surface area contributed by atoms with E-state index in [-0.39, 0.29) is 22.5 Å². The molecule has 1 aliphatic rings. The molecule has 0 spiro atoms. The summed E-state index contributed by atoms with van der Waals surface area (Å²) >= 11 is 5.78. The van der Waals surface area contributed by atoms with E-state index in [0.717, 1.165) is 18.1 Å². The van der Waals surface area contributed by atoms with Gasteiger partial charge >= 0.3 is 0 Å². The molecule has 120 valence electrons. The maximum Gasteiger partial charge on any atom is 0.254 e. The van der Waals surface area contributed by atoms with Crippen LogP contribution in [0.15, 0.2) is 36.7 Å². The van der Waals surface area contributed by atoms with Crippen LogP contribution in [0, 0.1) is 11.7 Å². The maximum absolute atomic E-state index is 13.7. The minimum Gasteiger partial charge on any atom is -0.504 e. The fourth-order valence-corrected chi connectivity index (χ4v) is 3.22. The molecule has 0 bridgehead atoms. The number of rotatable bonds is 2. The standard InChI is InChI=1S/C17H16ClFN2O2/c1-10-5-15(11-3-2-4-20-8-11)21(9-10)17(23)12-6-13(18)16(22)14(19)7-12/h2-4,6-8,10,15,22H,5,9H2,1H3/t10-,15+/m0/s1. The van der Waals surface area contributed by atoms with Gasteiger partial charge in [0.15, 0.2) is 11.6 Å². The highest BCUT2D eigenvalue weighted by Crippen LogP contribution is 2.37. The van der Waals surface area contributed by atoms with Gasteiger partial charge in [-0.2, -0.15) is 0 Å². The first-order valence-corrected chi connectivity index (χ1v) is 7.74. The highest BCUT2D eigenvalue weighted by atomic mass is 35.5. The summed E-state index contributed by atoms with van der Waals surface area (Å²) in [5.74, 6) is -1.50. The van der Waals surface area contributed by atoms with Crippen molar-refractivity contribution in [2.75, 3.05) is 6.54 Å². The molecule has 3 rings (SSSR count). The Morgan fingerprint density at radius 2 is 2.26 bits per heavy atom. The van der Waals surface area contributed by atoms with Gasteiger partial charge in [0.25, 0.3) is 5.91 Å². The van der Waals surface area contributed by atoms with Crippen LogP contribution in [-0.2, 0) is 0 Å². The number of halogens is 2. The summed E-state index contributed by atoms with van der Waals surface area (Å²) < 4.78 is 13.7. The van der Waals surface area contributed by atoms with Gasteiger partial charge in [0.2, 0.25) is 0 Å². The van der Waals surface area contributed by atoms with E-state index >= 15 is 0 Å². The molecule has 0 saturated carbocycles. The zero-order valence-electron chi connectivity index (χ0n) is 12.5. The first kappa shape index (κ1) is 15.7. The van der Waals surface area contributed by atoms with E-state index in [1.807, 2.05) is 12.1 Å². The Morgan fingerprint density at radius 3 is 2.91 bits per heavy atom. The van der Waals surface area contributed by atoms with Gasteiger partial charge < -0.3 is 10.0 Å². The molecule has 1 aromatic heterocycles. The second-order valence-corrected chi connectivity index (χ2v) is 6.30. The second-order valence-electron chi connectivity index (χ2n) is 5.89. The number of carbonyl (C=O) groups is 1. The predicted octanol–water partition coefficient (Wildman–Crippen LogP) is 3.80. The summed E-state index contributed by atoms with van der Waals surface area (Å²) in [6.07, 6.45) is 4.25. The lowest BCUT2D eigenvalue weighted by Gasteiger charge is -2.25. The SMILES string of the molecule is C[C@H]1C[C@H](c2cccnc2)N(C(=O)c2cc(F)c(O)c(Cl)c2)C1. The van der Waals surface area contributed by atoms with Crippen LogP contribution >= 0.6 is 11.6 Å². The molecule has 1 saturated heterocycles. The van der Waals surface area contributed by atoms with Crippen LogP contribution in [0.3, 0.4) is 0 Å².